The van der Waals surface area contributed by atoms with Gasteiger partial charge in [0, 0.05) is 11.7 Å². The summed E-state index contributed by atoms with van der Waals surface area (Å²) in [6.07, 6.45) is -1.55. The third kappa shape index (κ3) is 2.25. The fraction of sp³-hybridized carbons (Fsp3) is 0.357. The van der Waals surface area contributed by atoms with Crippen LogP contribution in [0.5, 0.6) is 0 Å². The van der Waals surface area contributed by atoms with E-state index < -0.39 is 18.1 Å². The number of cyclic esters (lactones) is 1. The highest BCUT2D eigenvalue weighted by Crippen LogP contribution is 2.28. The highest BCUT2D eigenvalue weighted by molar-refractivity contribution is 7.16. The molecule has 1 atom stereocenters. The lowest BCUT2D eigenvalue weighted by molar-refractivity contribution is -0.124. The zero-order valence-electron chi connectivity index (χ0n) is 12.1. The van der Waals surface area contributed by atoms with Crippen molar-refractivity contribution in [2.45, 2.75) is 26.0 Å². The van der Waals surface area contributed by atoms with Crippen LogP contribution in [0.25, 0.3) is 10.2 Å². The number of hydrogen-bond donors (Lipinski definition) is 1. The largest absolute Gasteiger partial charge is 0.434 e. The predicted octanol–water partition coefficient (Wildman–Crippen LogP) is 1.45. The van der Waals surface area contributed by atoms with Gasteiger partial charge in [0.25, 0.3) is 5.91 Å². The number of carbonyl (C=O) groups is 2. The molecule has 1 aliphatic rings. The van der Waals surface area contributed by atoms with Crippen molar-refractivity contribution in [3.8, 4) is 0 Å². The number of nitrogens with two attached hydrogens (primary N) is 1. The Bertz CT molecular complexity index is 823. The summed E-state index contributed by atoms with van der Waals surface area (Å²) in [7, 11) is 0. The van der Waals surface area contributed by atoms with Crippen LogP contribution in [-0.4, -0.2) is 29.2 Å². The highest BCUT2D eigenvalue weighted by atomic mass is 32.1. The van der Waals surface area contributed by atoms with E-state index in [0.29, 0.717) is 5.69 Å². The van der Waals surface area contributed by atoms with Crippen molar-refractivity contribution in [3.05, 3.63) is 27.9 Å². The number of aromatic nitrogens is 1. The normalized spacial score (nSPS) is 18.2. The van der Waals surface area contributed by atoms with Crippen LogP contribution in [0, 0.1) is 0 Å². The maximum absolute atomic E-state index is 12.0. The monoisotopic (exact) mass is 321 g/mol. The molecule has 2 amide bonds. The summed E-state index contributed by atoms with van der Waals surface area (Å²) >= 11 is 1.13. The maximum Gasteiger partial charge on any atom is 0.415 e. The van der Waals surface area contributed by atoms with Crippen LogP contribution in [-0.2, 0) is 9.53 Å². The van der Waals surface area contributed by atoms with E-state index in [1.54, 1.807) is 22.8 Å². The van der Waals surface area contributed by atoms with Crippen LogP contribution in [0.3, 0.4) is 0 Å². The standard InChI is InChI=1S/C14H15N3O4S/c1-7(2)17-9-4-3-8(5-11(9)22-14(17)20)16-6-10(12(15)18)21-13(16)19/h3-5,7,10H,6H2,1-2H3,(H2,15,18)/t10-/m1/s1. The SMILES string of the molecule is CC(C)n1c(=O)sc2cc(N3C[C@H](C(N)=O)OC3=O)ccc21. The second-order valence-corrected chi connectivity index (χ2v) is 6.36. The average molecular weight is 321 g/mol. The summed E-state index contributed by atoms with van der Waals surface area (Å²) in [5, 5.41) is 0. The molecule has 8 heteroatoms. The van der Waals surface area contributed by atoms with E-state index >= 15 is 0 Å². The Kier molecular flexibility index (Phi) is 3.40. The zero-order chi connectivity index (χ0) is 16.0. The molecule has 116 valence electrons. The zero-order valence-corrected chi connectivity index (χ0v) is 12.9. The van der Waals surface area contributed by atoms with Crippen LogP contribution >= 0.6 is 11.3 Å². The first-order chi connectivity index (χ1) is 10.4. The van der Waals surface area contributed by atoms with Gasteiger partial charge >= 0.3 is 11.0 Å². The molecule has 7 nitrogen and oxygen atoms in total. The van der Waals surface area contributed by atoms with Gasteiger partial charge in [0.15, 0.2) is 6.10 Å². The molecular weight excluding hydrogens is 306 g/mol. The topological polar surface area (TPSA) is 94.6 Å². The number of rotatable bonds is 3. The van der Waals surface area contributed by atoms with E-state index in [-0.39, 0.29) is 17.5 Å². The number of hydrogen-bond acceptors (Lipinski definition) is 5. The molecule has 1 saturated heterocycles. The van der Waals surface area contributed by atoms with Crippen LogP contribution in [0.1, 0.15) is 19.9 Å². The van der Waals surface area contributed by atoms with Crippen LogP contribution in [0.2, 0.25) is 0 Å². The molecule has 0 unspecified atom stereocenters. The fourth-order valence-electron chi connectivity index (χ4n) is 2.50. The van der Waals surface area contributed by atoms with Gasteiger partial charge in [0.05, 0.1) is 16.8 Å². The predicted molar refractivity (Wildman–Crippen MR) is 83.3 cm³/mol. The Balaban J connectivity index is 2.02. The summed E-state index contributed by atoms with van der Waals surface area (Å²) in [5.74, 6) is -0.674. The number of benzene rings is 1. The van der Waals surface area contributed by atoms with Gasteiger partial charge in [-0.1, -0.05) is 11.3 Å². The highest BCUT2D eigenvalue weighted by Gasteiger charge is 2.35. The Morgan fingerprint density at radius 2 is 2.14 bits per heavy atom. The van der Waals surface area contributed by atoms with Gasteiger partial charge in [0.2, 0.25) is 0 Å². The molecular formula is C14H15N3O4S. The van der Waals surface area contributed by atoms with Crippen molar-refractivity contribution in [1.29, 1.82) is 0 Å². The number of carbonyl (C=O) groups excluding carboxylic acids is 2. The molecule has 0 saturated carbocycles. The number of fused-ring (bicyclic) bond motifs is 1. The average Bonchev–Trinajstić information content (AvgIpc) is 2.97. The molecule has 2 N–H and O–H groups in total. The second-order valence-electron chi connectivity index (χ2n) is 5.37. The molecule has 0 aliphatic carbocycles. The minimum atomic E-state index is -0.942. The van der Waals surface area contributed by atoms with Gasteiger partial charge in [0.1, 0.15) is 0 Å². The van der Waals surface area contributed by atoms with Gasteiger partial charge < -0.3 is 10.5 Å². The lowest BCUT2D eigenvalue weighted by Gasteiger charge is -2.13. The van der Waals surface area contributed by atoms with E-state index in [1.165, 1.54) is 4.90 Å². The molecule has 1 aliphatic heterocycles. The fourth-order valence-corrected chi connectivity index (χ4v) is 3.55. The first kappa shape index (κ1) is 14.6. The van der Waals surface area contributed by atoms with Crippen molar-refractivity contribution in [3.63, 3.8) is 0 Å². The molecule has 1 aromatic heterocycles. The number of nitrogens with zero attached hydrogens (tertiary/aromatic N) is 2. The van der Waals surface area contributed by atoms with E-state index in [1.807, 2.05) is 13.8 Å². The van der Waals surface area contributed by atoms with E-state index in [0.717, 1.165) is 21.6 Å². The number of thiazole rings is 1. The second kappa shape index (κ2) is 5.13. The van der Waals surface area contributed by atoms with Crippen molar-refractivity contribution < 1.29 is 14.3 Å². The molecule has 1 fully saturated rings. The van der Waals surface area contributed by atoms with Crippen molar-refractivity contribution >= 4 is 39.2 Å². The van der Waals surface area contributed by atoms with Crippen molar-refractivity contribution in [2.24, 2.45) is 5.73 Å². The van der Waals surface area contributed by atoms with Gasteiger partial charge in [-0.3, -0.25) is 19.1 Å². The Morgan fingerprint density at radius 1 is 1.41 bits per heavy atom. The Morgan fingerprint density at radius 3 is 2.73 bits per heavy atom. The minimum absolute atomic E-state index is 0.0406. The molecule has 2 heterocycles. The third-order valence-corrected chi connectivity index (χ3v) is 4.47. The lowest BCUT2D eigenvalue weighted by Crippen LogP contribution is -2.32. The van der Waals surface area contributed by atoms with Gasteiger partial charge in [-0.15, -0.1) is 0 Å². The molecule has 0 spiro atoms. The van der Waals surface area contributed by atoms with E-state index in [2.05, 4.69) is 0 Å². The summed E-state index contributed by atoms with van der Waals surface area (Å²) in [4.78, 5) is 36.3. The first-order valence-electron chi connectivity index (χ1n) is 6.81. The maximum atomic E-state index is 12.0. The van der Waals surface area contributed by atoms with Crippen LogP contribution in [0.4, 0.5) is 10.5 Å². The van der Waals surface area contributed by atoms with Crippen molar-refractivity contribution in [1.82, 2.24) is 4.57 Å². The number of anilines is 1. The first-order valence-corrected chi connectivity index (χ1v) is 7.62. The van der Waals surface area contributed by atoms with Gasteiger partial charge in [-0.2, -0.15) is 0 Å². The summed E-state index contributed by atoms with van der Waals surface area (Å²) in [6, 6.07) is 5.35. The number of ether oxygens (including phenoxy) is 1. The molecule has 1 aromatic carbocycles. The lowest BCUT2D eigenvalue weighted by atomic mass is 10.2. The summed E-state index contributed by atoms with van der Waals surface area (Å²) in [6.45, 7) is 3.97. The molecule has 0 radical (unpaired) electrons. The molecule has 3 rings (SSSR count). The molecule has 22 heavy (non-hydrogen) atoms. The van der Waals surface area contributed by atoms with E-state index in [9.17, 15) is 14.4 Å². The van der Waals surface area contributed by atoms with Gasteiger partial charge in [-0.05, 0) is 32.0 Å². The Hall–Kier alpha value is -2.35. The third-order valence-electron chi connectivity index (χ3n) is 3.55. The number of primary amides is 1. The van der Waals surface area contributed by atoms with E-state index in [4.69, 9.17) is 10.5 Å². The quantitative estimate of drug-likeness (QED) is 0.925. The van der Waals surface area contributed by atoms with Gasteiger partial charge in [-0.25, -0.2) is 4.79 Å². The van der Waals surface area contributed by atoms with Crippen LogP contribution in [0.15, 0.2) is 23.0 Å². The molecule has 2 aromatic rings. The molecule has 0 bridgehead atoms. The number of amides is 2. The summed E-state index contributed by atoms with van der Waals surface area (Å²) < 4.78 is 7.41. The minimum Gasteiger partial charge on any atom is -0.434 e. The summed E-state index contributed by atoms with van der Waals surface area (Å²) in [5.41, 5.74) is 6.57. The van der Waals surface area contributed by atoms with Crippen molar-refractivity contribution in [2.75, 3.05) is 11.4 Å². The smallest absolute Gasteiger partial charge is 0.415 e. The van der Waals surface area contributed by atoms with Crippen LogP contribution < -0.4 is 15.5 Å². The Labute approximate surface area is 129 Å².